The van der Waals surface area contributed by atoms with E-state index in [9.17, 15) is 9.59 Å². The lowest BCUT2D eigenvalue weighted by Gasteiger charge is -2.41. The van der Waals surface area contributed by atoms with E-state index in [1.807, 2.05) is 47.4 Å². The van der Waals surface area contributed by atoms with E-state index >= 15 is 0 Å². The first-order chi connectivity index (χ1) is 22.9. The fourth-order valence-corrected chi connectivity index (χ4v) is 5.80. The second-order valence-electron chi connectivity index (χ2n) is 11.4. The number of anilines is 1. The van der Waals surface area contributed by atoms with Crippen molar-refractivity contribution in [3.63, 3.8) is 0 Å². The minimum absolute atomic E-state index is 0.0711. The molecule has 13 nitrogen and oxygen atoms in total. The molecule has 1 atom stereocenters. The van der Waals surface area contributed by atoms with Gasteiger partial charge in [-0.05, 0) is 48.2 Å². The van der Waals surface area contributed by atoms with E-state index in [0.717, 1.165) is 29.7 Å². The number of rotatable bonds is 12. The Morgan fingerprint density at radius 3 is 2.51 bits per heavy atom. The summed E-state index contributed by atoms with van der Waals surface area (Å²) in [6.07, 6.45) is 7.53. The largest absolute Gasteiger partial charge is 0.497 e. The molecule has 246 valence electrons. The average Bonchev–Trinajstić information content (AvgIpc) is 3.81. The van der Waals surface area contributed by atoms with Crippen molar-refractivity contribution in [1.29, 1.82) is 0 Å². The zero-order chi connectivity index (χ0) is 32.8. The van der Waals surface area contributed by atoms with Crippen LogP contribution in [0.5, 0.6) is 23.0 Å². The number of aromatic nitrogens is 4. The number of imidazole rings is 1. The lowest BCUT2D eigenvalue weighted by molar-refractivity contribution is -0.132. The van der Waals surface area contributed by atoms with Gasteiger partial charge in [0.25, 0.3) is 0 Å². The quantitative estimate of drug-likeness (QED) is 0.246. The van der Waals surface area contributed by atoms with Crippen LogP contribution in [-0.4, -0.2) is 89.5 Å². The van der Waals surface area contributed by atoms with E-state index in [1.165, 1.54) is 0 Å². The van der Waals surface area contributed by atoms with E-state index in [-0.39, 0.29) is 31.6 Å². The van der Waals surface area contributed by atoms with Gasteiger partial charge >= 0.3 is 0 Å². The van der Waals surface area contributed by atoms with Gasteiger partial charge in [-0.1, -0.05) is 19.4 Å². The molecule has 2 aromatic heterocycles. The smallest absolute Gasteiger partial charge is 0.244 e. The number of carbonyl (C=O) groups excluding carboxylic acids is 2. The highest BCUT2D eigenvalue weighted by atomic mass is 16.7. The maximum Gasteiger partial charge on any atom is 0.244 e. The van der Waals surface area contributed by atoms with E-state index < -0.39 is 6.04 Å². The van der Waals surface area contributed by atoms with E-state index in [0.29, 0.717) is 60.8 Å². The van der Waals surface area contributed by atoms with Gasteiger partial charge in [-0.2, -0.15) is 4.98 Å². The van der Waals surface area contributed by atoms with Crippen molar-refractivity contribution >= 4 is 17.6 Å². The lowest BCUT2D eigenvalue weighted by atomic mass is 10.1. The number of ether oxygens (including phenoxy) is 4. The van der Waals surface area contributed by atoms with Gasteiger partial charge in [0, 0.05) is 49.9 Å². The van der Waals surface area contributed by atoms with E-state index in [4.69, 9.17) is 28.9 Å². The molecule has 0 radical (unpaired) electrons. The molecule has 1 unspecified atom stereocenters. The lowest BCUT2D eigenvalue weighted by Crippen LogP contribution is -2.61. The number of amides is 2. The average molecular weight is 642 g/mol. The molecule has 0 saturated carbocycles. The molecule has 4 heterocycles. The molecule has 0 aliphatic carbocycles. The van der Waals surface area contributed by atoms with Crippen molar-refractivity contribution in [1.82, 2.24) is 29.7 Å². The highest BCUT2D eigenvalue weighted by Crippen LogP contribution is 2.33. The SMILES string of the molecule is CCCc1cc(N2CCN(C(=O)Cc3ccc4c(c3)OCO4)CC2C(=O)NCCc2cc(OC)cc(OC)c2)nc(-n2ccnc2)n1. The monoisotopic (exact) mass is 641 g/mol. The van der Waals surface area contributed by atoms with E-state index in [2.05, 4.69) is 17.2 Å². The molecule has 0 bridgehead atoms. The Morgan fingerprint density at radius 2 is 1.77 bits per heavy atom. The Morgan fingerprint density at radius 1 is 0.957 bits per heavy atom. The van der Waals surface area contributed by atoms with Crippen LogP contribution >= 0.6 is 0 Å². The molecule has 47 heavy (non-hydrogen) atoms. The van der Waals surface area contributed by atoms with Gasteiger partial charge in [0.05, 0.1) is 27.2 Å². The Kier molecular flexibility index (Phi) is 9.69. The van der Waals surface area contributed by atoms with Gasteiger partial charge in [-0.25, -0.2) is 9.97 Å². The van der Waals surface area contributed by atoms with Gasteiger partial charge < -0.3 is 34.1 Å². The van der Waals surface area contributed by atoms with Crippen LogP contribution in [0.15, 0.2) is 61.2 Å². The number of hydrogen-bond donors (Lipinski definition) is 1. The van der Waals surface area contributed by atoms with Crippen molar-refractivity contribution in [2.24, 2.45) is 0 Å². The molecular weight excluding hydrogens is 602 g/mol. The summed E-state index contributed by atoms with van der Waals surface area (Å²) >= 11 is 0. The first-order valence-electron chi connectivity index (χ1n) is 15.7. The third kappa shape index (κ3) is 7.40. The maximum absolute atomic E-state index is 14.0. The predicted octanol–water partition coefficient (Wildman–Crippen LogP) is 2.98. The van der Waals surface area contributed by atoms with Crippen LogP contribution in [0, 0.1) is 0 Å². The van der Waals surface area contributed by atoms with Crippen molar-refractivity contribution in [2.45, 2.75) is 38.6 Å². The standard InChI is InChI=1S/C34H39N7O6/c1-4-5-25-18-31(38-34(37-25)40-11-10-35-21-40)41-13-12-39(32(42)17-23-6-7-29-30(16-23)47-22-46-29)20-28(41)33(43)36-9-8-24-14-26(44-2)19-27(15-24)45-3/h6-7,10-11,14-16,18-19,21,28H,4-5,8-9,12-13,17,20,22H2,1-3H3,(H,36,43). The van der Waals surface area contributed by atoms with Crippen LogP contribution in [0.25, 0.3) is 5.95 Å². The molecule has 2 aliphatic rings. The molecule has 4 aromatic rings. The first-order valence-corrected chi connectivity index (χ1v) is 15.7. The molecule has 1 saturated heterocycles. The molecule has 2 aromatic carbocycles. The summed E-state index contributed by atoms with van der Waals surface area (Å²) in [5, 5.41) is 3.11. The topological polar surface area (TPSA) is 133 Å². The number of nitrogens with zero attached hydrogens (tertiary/aromatic N) is 6. The summed E-state index contributed by atoms with van der Waals surface area (Å²) in [6.45, 7) is 3.71. The number of methoxy groups -OCH3 is 2. The number of fused-ring (bicyclic) bond motifs is 1. The summed E-state index contributed by atoms with van der Waals surface area (Å²) in [5.74, 6) is 3.51. The van der Waals surface area contributed by atoms with Crippen LogP contribution in [0.1, 0.15) is 30.2 Å². The van der Waals surface area contributed by atoms with Crippen LogP contribution in [0.4, 0.5) is 5.82 Å². The Bertz CT molecular complexity index is 1690. The molecule has 1 N–H and O–H groups in total. The maximum atomic E-state index is 14.0. The van der Waals surface area contributed by atoms with Gasteiger partial charge in [0.15, 0.2) is 11.5 Å². The number of piperazine rings is 1. The van der Waals surface area contributed by atoms with Crippen molar-refractivity contribution < 1.29 is 28.5 Å². The number of benzene rings is 2. The number of nitrogens with one attached hydrogen (secondary N) is 1. The molecule has 6 rings (SSSR count). The summed E-state index contributed by atoms with van der Waals surface area (Å²) in [6, 6.07) is 12.4. The summed E-state index contributed by atoms with van der Waals surface area (Å²) in [4.78, 5) is 45.0. The van der Waals surface area contributed by atoms with Crippen LogP contribution in [0.2, 0.25) is 0 Å². The van der Waals surface area contributed by atoms with Crippen molar-refractivity contribution in [3.8, 4) is 28.9 Å². The van der Waals surface area contributed by atoms with E-state index in [1.54, 1.807) is 42.4 Å². The molecule has 0 spiro atoms. The molecular formula is C34H39N7O6. The molecule has 13 heteroatoms. The fourth-order valence-electron chi connectivity index (χ4n) is 5.80. The van der Waals surface area contributed by atoms with Crippen LogP contribution in [-0.2, 0) is 28.9 Å². The second-order valence-corrected chi connectivity index (χ2v) is 11.4. The number of carbonyl (C=O) groups is 2. The number of aryl methyl sites for hydroxylation is 1. The molecule has 2 aliphatic heterocycles. The first kappa shape index (κ1) is 31.6. The Hall–Kier alpha value is -5.33. The fraction of sp³-hybridized carbons (Fsp3) is 0.382. The Labute approximate surface area is 273 Å². The van der Waals surface area contributed by atoms with Crippen molar-refractivity contribution in [3.05, 3.63) is 78.0 Å². The van der Waals surface area contributed by atoms with Gasteiger partial charge in [-0.3, -0.25) is 14.2 Å². The summed E-state index contributed by atoms with van der Waals surface area (Å²) < 4.78 is 23.5. The highest BCUT2D eigenvalue weighted by Gasteiger charge is 2.35. The molecule has 2 amide bonds. The number of hydrogen-bond acceptors (Lipinski definition) is 10. The van der Waals surface area contributed by atoms with Gasteiger partial charge in [0.2, 0.25) is 24.6 Å². The van der Waals surface area contributed by atoms with Gasteiger partial charge in [0.1, 0.15) is 29.7 Å². The molecule has 1 fully saturated rings. The third-order valence-corrected chi connectivity index (χ3v) is 8.24. The normalized spacial score (nSPS) is 15.4. The summed E-state index contributed by atoms with van der Waals surface area (Å²) in [5.41, 5.74) is 2.66. The Balaban J connectivity index is 1.23. The van der Waals surface area contributed by atoms with Crippen molar-refractivity contribution in [2.75, 3.05) is 52.1 Å². The highest BCUT2D eigenvalue weighted by molar-refractivity contribution is 5.87. The minimum atomic E-state index is -0.677. The zero-order valence-electron chi connectivity index (χ0n) is 26.8. The summed E-state index contributed by atoms with van der Waals surface area (Å²) in [7, 11) is 3.21. The predicted molar refractivity (Wildman–Crippen MR) is 173 cm³/mol. The second kappa shape index (κ2) is 14.4. The van der Waals surface area contributed by atoms with Crippen LogP contribution < -0.4 is 29.2 Å². The third-order valence-electron chi connectivity index (χ3n) is 8.24. The minimum Gasteiger partial charge on any atom is -0.497 e. The van der Waals surface area contributed by atoms with Gasteiger partial charge in [-0.15, -0.1) is 0 Å². The zero-order valence-corrected chi connectivity index (χ0v) is 26.8. The van der Waals surface area contributed by atoms with Crippen LogP contribution in [0.3, 0.4) is 0 Å².